The highest BCUT2D eigenvalue weighted by molar-refractivity contribution is 9.10. The second-order valence-corrected chi connectivity index (χ2v) is 5.83. The number of pyridine rings is 1. The average Bonchev–Trinajstić information content (AvgIpc) is 2.29. The summed E-state index contributed by atoms with van der Waals surface area (Å²) in [7, 11) is 0. The highest BCUT2D eigenvalue weighted by Gasteiger charge is 2.23. The van der Waals surface area contributed by atoms with E-state index in [0.29, 0.717) is 10.3 Å². The number of amides is 1. The molecule has 0 N–H and O–H groups in total. The van der Waals surface area contributed by atoms with Gasteiger partial charge in [0.25, 0.3) is 0 Å². The van der Waals surface area contributed by atoms with Crippen LogP contribution in [0, 0.1) is 0 Å². The average molecular weight is 333 g/mol. The van der Waals surface area contributed by atoms with Crippen molar-refractivity contribution in [1.82, 2.24) is 4.98 Å². The molecule has 1 rings (SSSR count). The minimum absolute atomic E-state index is 0.259. The van der Waals surface area contributed by atoms with Crippen LogP contribution in [0.5, 0.6) is 0 Å². The molecule has 0 spiro atoms. The van der Waals surface area contributed by atoms with E-state index in [1.165, 1.54) is 4.90 Å². The summed E-state index contributed by atoms with van der Waals surface area (Å²) in [6.07, 6.45) is 1.31. The molecule has 0 aromatic carbocycles. The number of nitrogens with zero attached hydrogens (tertiary/aromatic N) is 2. The van der Waals surface area contributed by atoms with Gasteiger partial charge >= 0.3 is 6.09 Å². The zero-order valence-electron chi connectivity index (χ0n) is 11.3. The zero-order chi connectivity index (χ0) is 14.5. The minimum Gasteiger partial charge on any atom is -0.443 e. The van der Waals surface area contributed by atoms with Gasteiger partial charge in [0.15, 0.2) is 0 Å². The largest absolute Gasteiger partial charge is 0.443 e. The van der Waals surface area contributed by atoms with E-state index in [2.05, 4.69) is 20.9 Å². The molecule has 1 aromatic heterocycles. The summed E-state index contributed by atoms with van der Waals surface area (Å²) in [6.45, 7) is 5.15. The van der Waals surface area contributed by atoms with Gasteiger partial charge in [0.2, 0.25) is 0 Å². The summed E-state index contributed by atoms with van der Waals surface area (Å²) in [5.74, 6) is 0. The highest BCUT2D eigenvalue weighted by Crippen LogP contribution is 2.19. The first-order valence-electron chi connectivity index (χ1n) is 6.01. The lowest BCUT2D eigenvalue weighted by molar-refractivity contribution is 0.0579. The molecular formula is C13H18BrFN2O2. The molecule has 1 aromatic rings. The van der Waals surface area contributed by atoms with Crippen molar-refractivity contribution in [3.8, 4) is 0 Å². The Labute approximate surface area is 121 Å². The Morgan fingerprint density at radius 2 is 2.16 bits per heavy atom. The SMILES string of the molecule is CC(C)(C)OC(=O)N(CCCF)c1ccc(Br)nc1. The van der Waals surface area contributed by atoms with Crippen LogP contribution in [0.4, 0.5) is 14.9 Å². The van der Waals surface area contributed by atoms with Gasteiger partial charge < -0.3 is 4.74 Å². The zero-order valence-corrected chi connectivity index (χ0v) is 12.9. The Bertz CT molecular complexity index is 418. The van der Waals surface area contributed by atoms with E-state index in [-0.39, 0.29) is 13.0 Å². The van der Waals surface area contributed by atoms with Crippen LogP contribution in [0.2, 0.25) is 0 Å². The van der Waals surface area contributed by atoms with Crippen LogP contribution in [0.15, 0.2) is 22.9 Å². The molecule has 0 aliphatic rings. The number of carbonyl (C=O) groups is 1. The molecule has 19 heavy (non-hydrogen) atoms. The van der Waals surface area contributed by atoms with E-state index in [0.717, 1.165) is 0 Å². The number of hydrogen-bond donors (Lipinski definition) is 0. The summed E-state index contributed by atoms with van der Waals surface area (Å²) < 4.78 is 18.3. The molecule has 0 radical (unpaired) electrons. The molecule has 0 saturated heterocycles. The first-order valence-corrected chi connectivity index (χ1v) is 6.81. The Kier molecular flexibility index (Phi) is 5.72. The topological polar surface area (TPSA) is 42.4 Å². The van der Waals surface area contributed by atoms with Crippen molar-refractivity contribution in [3.63, 3.8) is 0 Å². The second-order valence-electron chi connectivity index (χ2n) is 5.01. The van der Waals surface area contributed by atoms with Crippen molar-refractivity contribution >= 4 is 27.7 Å². The smallest absolute Gasteiger partial charge is 0.414 e. The quantitative estimate of drug-likeness (QED) is 0.784. The van der Waals surface area contributed by atoms with Crippen molar-refractivity contribution in [2.45, 2.75) is 32.8 Å². The fourth-order valence-electron chi connectivity index (χ4n) is 1.39. The Morgan fingerprint density at radius 3 is 2.63 bits per heavy atom. The molecule has 0 aliphatic carbocycles. The van der Waals surface area contributed by atoms with Crippen LogP contribution >= 0.6 is 15.9 Å². The van der Waals surface area contributed by atoms with Gasteiger partial charge in [0, 0.05) is 6.54 Å². The van der Waals surface area contributed by atoms with Crippen LogP contribution in [-0.2, 0) is 4.74 Å². The summed E-state index contributed by atoms with van der Waals surface area (Å²) in [5.41, 5.74) is -0.000648. The minimum atomic E-state index is -0.589. The Hall–Kier alpha value is -1.17. The summed E-state index contributed by atoms with van der Waals surface area (Å²) in [6, 6.07) is 3.46. The maximum atomic E-state index is 12.3. The van der Waals surface area contributed by atoms with E-state index >= 15 is 0 Å². The third-order valence-corrected chi connectivity index (χ3v) is 2.62. The molecule has 4 nitrogen and oxygen atoms in total. The molecular weight excluding hydrogens is 315 g/mol. The van der Waals surface area contributed by atoms with Gasteiger partial charge in [-0.1, -0.05) is 0 Å². The van der Waals surface area contributed by atoms with Crippen molar-refractivity contribution in [3.05, 3.63) is 22.9 Å². The molecule has 0 saturated carbocycles. The maximum absolute atomic E-state index is 12.3. The highest BCUT2D eigenvalue weighted by atomic mass is 79.9. The lowest BCUT2D eigenvalue weighted by atomic mass is 10.2. The molecule has 1 heterocycles. The van der Waals surface area contributed by atoms with E-state index in [9.17, 15) is 9.18 Å². The van der Waals surface area contributed by atoms with Gasteiger partial charge in [0.05, 0.1) is 18.6 Å². The second kappa shape index (κ2) is 6.84. The van der Waals surface area contributed by atoms with Gasteiger partial charge in [0.1, 0.15) is 10.2 Å². The predicted molar refractivity (Wildman–Crippen MR) is 76.1 cm³/mol. The van der Waals surface area contributed by atoms with E-state index < -0.39 is 18.4 Å². The number of ether oxygens (including phenoxy) is 1. The third-order valence-electron chi connectivity index (χ3n) is 2.15. The summed E-state index contributed by atoms with van der Waals surface area (Å²) in [5, 5.41) is 0. The van der Waals surface area contributed by atoms with Crippen molar-refractivity contribution in [1.29, 1.82) is 0 Å². The lowest BCUT2D eigenvalue weighted by Gasteiger charge is -2.27. The van der Waals surface area contributed by atoms with Gasteiger partial charge in [-0.25, -0.2) is 9.78 Å². The van der Waals surface area contributed by atoms with Gasteiger partial charge in [-0.05, 0) is 55.3 Å². The number of hydrogen-bond acceptors (Lipinski definition) is 3. The normalized spacial score (nSPS) is 11.2. The fourth-order valence-corrected chi connectivity index (χ4v) is 1.62. The molecule has 0 bridgehead atoms. The lowest BCUT2D eigenvalue weighted by Crippen LogP contribution is -2.37. The number of carbonyl (C=O) groups excluding carboxylic acids is 1. The molecule has 0 unspecified atom stereocenters. The first kappa shape index (κ1) is 15.9. The molecule has 1 amide bonds. The number of aromatic nitrogens is 1. The van der Waals surface area contributed by atoms with Gasteiger partial charge in [-0.2, -0.15) is 0 Å². The monoisotopic (exact) mass is 332 g/mol. The molecule has 0 aliphatic heterocycles. The number of halogens is 2. The van der Waals surface area contributed by atoms with Crippen LogP contribution in [0.25, 0.3) is 0 Å². The van der Waals surface area contributed by atoms with E-state index in [1.54, 1.807) is 39.1 Å². The molecule has 0 fully saturated rings. The van der Waals surface area contributed by atoms with E-state index in [4.69, 9.17) is 4.74 Å². The van der Waals surface area contributed by atoms with Gasteiger partial charge in [-0.15, -0.1) is 0 Å². The standard InChI is InChI=1S/C13H18BrFN2O2/c1-13(2,3)19-12(18)17(8-4-7-15)10-5-6-11(14)16-9-10/h5-6,9H,4,7-8H2,1-3H3. The molecule has 106 valence electrons. The number of rotatable bonds is 4. The van der Waals surface area contributed by atoms with Crippen LogP contribution in [0.3, 0.4) is 0 Å². The van der Waals surface area contributed by atoms with Crippen LogP contribution in [0.1, 0.15) is 27.2 Å². The third kappa shape index (κ3) is 5.55. The Balaban J connectivity index is 2.87. The van der Waals surface area contributed by atoms with Crippen LogP contribution < -0.4 is 4.90 Å². The summed E-state index contributed by atoms with van der Waals surface area (Å²) in [4.78, 5) is 17.5. The van der Waals surface area contributed by atoms with Crippen molar-refractivity contribution in [2.75, 3.05) is 18.1 Å². The predicted octanol–water partition coefficient (Wildman–Crippen LogP) is 3.95. The van der Waals surface area contributed by atoms with E-state index in [1.807, 2.05) is 0 Å². The molecule has 6 heteroatoms. The number of alkyl halides is 1. The number of anilines is 1. The van der Waals surface area contributed by atoms with Crippen LogP contribution in [-0.4, -0.2) is 29.9 Å². The molecule has 0 atom stereocenters. The van der Waals surface area contributed by atoms with Crippen molar-refractivity contribution in [2.24, 2.45) is 0 Å². The van der Waals surface area contributed by atoms with Gasteiger partial charge in [-0.3, -0.25) is 9.29 Å². The van der Waals surface area contributed by atoms with Crippen molar-refractivity contribution < 1.29 is 13.9 Å². The Morgan fingerprint density at radius 1 is 1.47 bits per heavy atom. The first-order chi connectivity index (χ1) is 8.83. The fraction of sp³-hybridized carbons (Fsp3) is 0.538. The maximum Gasteiger partial charge on any atom is 0.414 e. The summed E-state index contributed by atoms with van der Waals surface area (Å²) >= 11 is 3.23.